The molecular formula is C21H22F4N4O4S. The van der Waals surface area contributed by atoms with Crippen molar-refractivity contribution < 1.29 is 35.9 Å². The molecule has 2 N–H and O–H groups in total. The van der Waals surface area contributed by atoms with Crippen molar-refractivity contribution in [2.24, 2.45) is 0 Å². The van der Waals surface area contributed by atoms with Crippen LogP contribution in [0.1, 0.15) is 46.9 Å². The molecule has 0 saturated carbocycles. The van der Waals surface area contributed by atoms with Crippen molar-refractivity contribution in [2.75, 3.05) is 17.3 Å². The van der Waals surface area contributed by atoms with E-state index in [-0.39, 0.29) is 40.3 Å². The Morgan fingerprint density at radius 2 is 1.82 bits per heavy atom. The predicted octanol–water partition coefficient (Wildman–Crippen LogP) is 3.26. The minimum Gasteiger partial charge on any atom is -0.386 e. The van der Waals surface area contributed by atoms with Crippen LogP contribution in [-0.2, 0) is 28.0 Å². The number of sulfone groups is 1. The smallest absolute Gasteiger partial charge is 0.386 e. The summed E-state index contributed by atoms with van der Waals surface area (Å²) in [6.07, 6.45) is -1.12. The third-order valence-corrected chi connectivity index (χ3v) is 5.87. The first-order chi connectivity index (χ1) is 15.5. The fourth-order valence-electron chi connectivity index (χ4n) is 3.34. The van der Waals surface area contributed by atoms with Crippen molar-refractivity contribution in [1.82, 2.24) is 14.4 Å². The van der Waals surface area contributed by atoms with Crippen LogP contribution in [0.4, 0.5) is 23.2 Å². The number of hydrogen-bond acceptors (Lipinski definition) is 6. The molecule has 184 valence electrons. The van der Waals surface area contributed by atoms with E-state index in [0.717, 1.165) is 18.4 Å². The van der Waals surface area contributed by atoms with E-state index < -0.39 is 44.7 Å². The van der Waals surface area contributed by atoms with Gasteiger partial charge in [0.1, 0.15) is 21.2 Å². The molecule has 0 spiro atoms. The van der Waals surface area contributed by atoms with Gasteiger partial charge in [0.15, 0.2) is 11.5 Å². The summed E-state index contributed by atoms with van der Waals surface area (Å²) < 4.78 is 78.6. The molecule has 34 heavy (non-hydrogen) atoms. The summed E-state index contributed by atoms with van der Waals surface area (Å²) in [6, 6.07) is 1.83. The summed E-state index contributed by atoms with van der Waals surface area (Å²) >= 11 is 0. The first kappa shape index (κ1) is 25.6. The van der Waals surface area contributed by atoms with Crippen molar-refractivity contribution in [3.63, 3.8) is 0 Å². The molecule has 0 fully saturated rings. The molecular weight excluding hydrogens is 480 g/mol. The molecule has 0 aliphatic heterocycles. The number of aliphatic hydroxyl groups is 1. The Kier molecular flexibility index (Phi) is 6.48. The quantitative estimate of drug-likeness (QED) is 0.501. The lowest BCUT2D eigenvalue weighted by atomic mass is 9.96. The van der Waals surface area contributed by atoms with Gasteiger partial charge in [-0.2, -0.15) is 13.2 Å². The number of halogens is 4. The van der Waals surface area contributed by atoms with Gasteiger partial charge in [-0.15, -0.1) is 0 Å². The van der Waals surface area contributed by atoms with Crippen molar-refractivity contribution in [3.8, 4) is 0 Å². The average molecular weight is 502 g/mol. The number of nitrogens with zero attached hydrogens (tertiary/aromatic N) is 3. The second kappa shape index (κ2) is 8.62. The summed E-state index contributed by atoms with van der Waals surface area (Å²) in [5, 5.41) is 12.9. The average Bonchev–Trinajstić information content (AvgIpc) is 3.07. The van der Waals surface area contributed by atoms with Crippen LogP contribution in [0.5, 0.6) is 0 Å². The van der Waals surface area contributed by atoms with Gasteiger partial charge < -0.3 is 14.8 Å². The molecule has 3 rings (SSSR count). The fraction of sp³-hybridized carbons (Fsp3) is 0.381. The molecule has 0 radical (unpaired) electrons. The third-order valence-electron chi connectivity index (χ3n) is 4.93. The lowest BCUT2D eigenvalue weighted by Gasteiger charge is -2.23. The van der Waals surface area contributed by atoms with Gasteiger partial charge in [0.25, 0.3) is 5.91 Å². The number of imidazole rings is 1. The number of aryl methyl sites for hydroxylation is 2. The summed E-state index contributed by atoms with van der Waals surface area (Å²) in [5.41, 5.74) is -3.97. The van der Waals surface area contributed by atoms with Crippen LogP contribution in [0, 0.1) is 12.7 Å². The van der Waals surface area contributed by atoms with Gasteiger partial charge in [0.05, 0.1) is 22.7 Å². The molecule has 0 bridgehead atoms. The van der Waals surface area contributed by atoms with E-state index in [1.807, 2.05) is 0 Å². The van der Waals surface area contributed by atoms with Gasteiger partial charge in [-0.1, -0.05) is 6.07 Å². The van der Waals surface area contributed by atoms with Crippen molar-refractivity contribution in [2.45, 2.75) is 39.0 Å². The van der Waals surface area contributed by atoms with Crippen molar-refractivity contribution in [1.29, 1.82) is 0 Å². The highest BCUT2D eigenvalue weighted by Crippen LogP contribution is 2.33. The monoisotopic (exact) mass is 502 g/mol. The standard InChI is InChI=1S/C21H22F4N4O4S/c1-11-5-6-14(21(23,24)25)28-17(11)19(30)27-13-10-29-9-12(7-8-34(4,32)33)26-18(29)16(22)15(13)20(2,3)31/h5-6,9-10,31H,7-8H2,1-4H3,(H,27,30). The molecule has 8 nitrogen and oxygen atoms in total. The minimum absolute atomic E-state index is 0.00679. The Labute approximate surface area is 192 Å². The van der Waals surface area contributed by atoms with Crippen LogP contribution in [0.15, 0.2) is 24.5 Å². The SMILES string of the molecule is Cc1ccc(C(F)(F)F)nc1C(=O)Nc1cn2cc(CCS(C)(=O)=O)nc2c(F)c1C(C)(C)O. The summed E-state index contributed by atoms with van der Waals surface area (Å²) in [6.45, 7) is 3.92. The predicted molar refractivity (Wildman–Crippen MR) is 116 cm³/mol. The first-order valence-corrected chi connectivity index (χ1v) is 12.0. The summed E-state index contributed by atoms with van der Waals surface area (Å²) in [5.74, 6) is -2.24. The second-order valence-corrected chi connectivity index (χ2v) is 10.7. The molecule has 3 aromatic heterocycles. The van der Waals surface area contributed by atoms with E-state index in [1.165, 1.54) is 37.6 Å². The van der Waals surface area contributed by atoms with E-state index >= 15 is 4.39 Å². The minimum atomic E-state index is -4.77. The van der Waals surface area contributed by atoms with E-state index in [9.17, 15) is 31.5 Å². The van der Waals surface area contributed by atoms with Gasteiger partial charge in [-0.25, -0.2) is 22.8 Å². The number of hydrogen-bond donors (Lipinski definition) is 2. The molecule has 0 aromatic carbocycles. The zero-order valence-electron chi connectivity index (χ0n) is 18.7. The van der Waals surface area contributed by atoms with Crippen LogP contribution >= 0.6 is 0 Å². The maximum absolute atomic E-state index is 15.4. The lowest BCUT2D eigenvalue weighted by molar-refractivity contribution is -0.141. The Balaban J connectivity index is 2.08. The van der Waals surface area contributed by atoms with E-state index in [2.05, 4.69) is 15.3 Å². The number of carbonyl (C=O) groups is 1. The number of rotatable bonds is 6. The molecule has 0 atom stereocenters. The van der Waals surface area contributed by atoms with Gasteiger partial charge in [-0.3, -0.25) is 4.79 Å². The maximum Gasteiger partial charge on any atom is 0.433 e. The van der Waals surface area contributed by atoms with Crippen LogP contribution in [0.25, 0.3) is 5.65 Å². The third kappa shape index (κ3) is 5.53. The first-order valence-electron chi connectivity index (χ1n) is 9.94. The van der Waals surface area contributed by atoms with E-state index in [4.69, 9.17) is 0 Å². The summed E-state index contributed by atoms with van der Waals surface area (Å²) in [7, 11) is -3.30. The maximum atomic E-state index is 15.4. The highest BCUT2D eigenvalue weighted by atomic mass is 32.2. The molecule has 3 heterocycles. The Bertz CT molecular complexity index is 1380. The lowest BCUT2D eigenvalue weighted by Crippen LogP contribution is -2.25. The largest absolute Gasteiger partial charge is 0.433 e. The number of pyridine rings is 2. The Hall–Kier alpha value is -3.06. The topological polar surface area (TPSA) is 114 Å². The van der Waals surface area contributed by atoms with E-state index in [1.54, 1.807) is 0 Å². The molecule has 0 aliphatic carbocycles. The number of fused-ring (bicyclic) bond motifs is 1. The number of aromatic nitrogens is 3. The zero-order valence-corrected chi connectivity index (χ0v) is 19.5. The zero-order chi connectivity index (χ0) is 25.6. The van der Waals surface area contributed by atoms with Crippen LogP contribution in [0.3, 0.4) is 0 Å². The van der Waals surface area contributed by atoms with E-state index in [0.29, 0.717) is 0 Å². The summed E-state index contributed by atoms with van der Waals surface area (Å²) in [4.78, 5) is 20.3. The van der Waals surface area contributed by atoms with Crippen molar-refractivity contribution >= 4 is 27.1 Å². The highest BCUT2D eigenvalue weighted by molar-refractivity contribution is 7.90. The number of anilines is 1. The highest BCUT2D eigenvalue weighted by Gasteiger charge is 2.34. The van der Waals surface area contributed by atoms with Crippen LogP contribution < -0.4 is 5.32 Å². The van der Waals surface area contributed by atoms with Gasteiger partial charge in [0.2, 0.25) is 0 Å². The second-order valence-electron chi connectivity index (χ2n) is 8.45. The van der Waals surface area contributed by atoms with Gasteiger partial charge in [-0.05, 0) is 32.4 Å². The fourth-order valence-corrected chi connectivity index (χ4v) is 3.92. The molecule has 1 amide bonds. The number of amides is 1. The molecule has 0 saturated heterocycles. The van der Waals surface area contributed by atoms with Crippen molar-refractivity contribution in [3.05, 3.63) is 58.6 Å². The Morgan fingerprint density at radius 1 is 1.18 bits per heavy atom. The number of nitrogens with one attached hydrogen (secondary N) is 1. The number of carbonyl (C=O) groups excluding carboxylic acids is 1. The Morgan fingerprint density at radius 3 is 2.38 bits per heavy atom. The molecule has 3 aromatic rings. The van der Waals surface area contributed by atoms with Crippen LogP contribution in [0.2, 0.25) is 0 Å². The molecule has 0 unspecified atom stereocenters. The van der Waals surface area contributed by atoms with Gasteiger partial charge >= 0.3 is 6.18 Å². The number of alkyl halides is 3. The normalized spacial score (nSPS) is 12.9. The van der Waals surface area contributed by atoms with Crippen LogP contribution in [-0.4, -0.2) is 45.8 Å². The van der Waals surface area contributed by atoms with Gasteiger partial charge in [0, 0.05) is 30.6 Å². The molecule has 0 aliphatic rings. The molecule has 13 heteroatoms.